The maximum absolute atomic E-state index is 5.41. The second kappa shape index (κ2) is 5.12. The van der Waals surface area contributed by atoms with Gasteiger partial charge in [0, 0.05) is 5.70 Å². The summed E-state index contributed by atoms with van der Waals surface area (Å²) in [5.74, 6) is 0.903. The number of nitrogens with two attached hydrogens (primary N) is 1. The van der Waals surface area contributed by atoms with Crippen molar-refractivity contribution in [2.75, 3.05) is 7.11 Å². The van der Waals surface area contributed by atoms with E-state index in [4.69, 9.17) is 10.5 Å². The molecule has 0 aromatic heterocycles. The number of methoxy groups -OCH3 is 1. The molecule has 0 aliphatic carbocycles. The third-order valence-corrected chi connectivity index (χ3v) is 1.86. The van der Waals surface area contributed by atoms with Crippen LogP contribution in [0, 0.1) is 0 Å². The first kappa shape index (κ1) is 10.4. The van der Waals surface area contributed by atoms with Gasteiger partial charge < -0.3 is 10.5 Å². The van der Waals surface area contributed by atoms with Gasteiger partial charge in [0.1, 0.15) is 5.75 Å². The molecule has 1 aromatic carbocycles. The van der Waals surface area contributed by atoms with E-state index in [1.165, 1.54) is 0 Å². The van der Waals surface area contributed by atoms with E-state index < -0.39 is 0 Å². The Morgan fingerprint density at radius 1 is 1.50 bits per heavy atom. The van der Waals surface area contributed by atoms with Crippen LogP contribution in [-0.2, 0) is 6.42 Å². The molecule has 0 aliphatic rings. The molecule has 2 N–H and O–H groups in total. The number of para-hydroxylation sites is 1. The number of ether oxygens (including phenoxy) is 1. The minimum Gasteiger partial charge on any atom is -0.496 e. The summed E-state index contributed by atoms with van der Waals surface area (Å²) in [5.41, 5.74) is 7.13. The van der Waals surface area contributed by atoms with Gasteiger partial charge in [-0.1, -0.05) is 30.9 Å². The number of benzene rings is 1. The minimum absolute atomic E-state index is 0.569. The van der Waals surface area contributed by atoms with Crippen molar-refractivity contribution in [2.45, 2.75) is 6.42 Å². The van der Waals surface area contributed by atoms with Crippen LogP contribution >= 0.6 is 0 Å². The van der Waals surface area contributed by atoms with Crippen LogP contribution in [-0.4, -0.2) is 7.11 Å². The van der Waals surface area contributed by atoms with E-state index in [-0.39, 0.29) is 0 Å². The van der Waals surface area contributed by atoms with Crippen molar-refractivity contribution in [1.82, 2.24) is 0 Å². The third kappa shape index (κ3) is 2.98. The summed E-state index contributed by atoms with van der Waals surface area (Å²) >= 11 is 0. The predicted octanol–water partition coefficient (Wildman–Crippen LogP) is 2.27. The van der Waals surface area contributed by atoms with Gasteiger partial charge in [0.05, 0.1) is 7.11 Å². The Morgan fingerprint density at radius 3 is 2.86 bits per heavy atom. The number of hydrogen-bond donors (Lipinski definition) is 1. The standard InChI is InChI=1S/C12H15NO/c1-10(13)6-5-8-11-7-3-4-9-12(11)14-2/h3-7,9H,1,8,13H2,2H3/b6-5-. The molecule has 1 aromatic rings. The Kier molecular flexibility index (Phi) is 3.80. The molecule has 2 nitrogen and oxygen atoms in total. The maximum atomic E-state index is 5.41. The fourth-order valence-electron chi connectivity index (χ4n) is 1.21. The first-order valence-corrected chi connectivity index (χ1v) is 4.47. The lowest BCUT2D eigenvalue weighted by molar-refractivity contribution is 0.410. The van der Waals surface area contributed by atoms with Crippen molar-refractivity contribution >= 4 is 0 Å². The Labute approximate surface area is 84.7 Å². The zero-order valence-electron chi connectivity index (χ0n) is 8.36. The van der Waals surface area contributed by atoms with E-state index in [0.29, 0.717) is 5.70 Å². The maximum Gasteiger partial charge on any atom is 0.122 e. The number of hydrogen-bond acceptors (Lipinski definition) is 2. The lowest BCUT2D eigenvalue weighted by Gasteiger charge is -2.04. The van der Waals surface area contributed by atoms with E-state index in [9.17, 15) is 0 Å². The van der Waals surface area contributed by atoms with Crippen molar-refractivity contribution in [2.24, 2.45) is 5.73 Å². The van der Waals surface area contributed by atoms with Crippen LogP contribution in [0.3, 0.4) is 0 Å². The lowest BCUT2D eigenvalue weighted by atomic mass is 10.1. The van der Waals surface area contributed by atoms with Crippen molar-refractivity contribution in [3.05, 3.63) is 54.3 Å². The summed E-state index contributed by atoms with van der Waals surface area (Å²) < 4.78 is 5.22. The highest BCUT2D eigenvalue weighted by atomic mass is 16.5. The quantitative estimate of drug-likeness (QED) is 0.737. The van der Waals surface area contributed by atoms with Crippen LogP contribution < -0.4 is 10.5 Å². The smallest absolute Gasteiger partial charge is 0.122 e. The van der Waals surface area contributed by atoms with E-state index in [0.717, 1.165) is 17.7 Å². The normalized spacial score (nSPS) is 10.4. The molecule has 0 bridgehead atoms. The van der Waals surface area contributed by atoms with Crippen molar-refractivity contribution in [1.29, 1.82) is 0 Å². The largest absolute Gasteiger partial charge is 0.496 e. The first-order chi connectivity index (χ1) is 6.74. The highest BCUT2D eigenvalue weighted by molar-refractivity contribution is 5.35. The molecule has 0 atom stereocenters. The van der Waals surface area contributed by atoms with E-state index in [2.05, 4.69) is 6.58 Å². The first-order valence-electron chi connectivity index (χ1n) is 4.47. The van der Waals surface area contributed by atoms with Gasteiger partial charge >= 0.3 is 0 Å². The summed E-state index contributed by atoms with van der Waals surface area (Å²) in [6.07, 6.45) is 4.58. The van der Waals surface area contributed by atoms with Gasteiger partial charge in [-0.05, 0) is 24.1 Å². The summed E-state index contributed by atoms with van der Waals surface area (Å²) in [5, 5.41) is 0. The minimum atomic E-state index is 0.569. The van der Waals surface area contributed by atoms with Crippen LogP contribution in [0.4, 0.5) is 0 Å². The SMILES string of the molecule is C=C(N)/C=C\Cc1ccccc1OC. The Hall–Kier alpha value is -1.70. The molecule has 74 valence electrons. The van der Waals surface area contributed by atoms with Gasteiger partial charge in [0.25, 0.3) is 0 Å². The Balaban J connectivity index is 2.71. The van der Waals surface area contributed by atoms with Crippen LogP contribution in [0.1, 0.15) is 5.56 Å². The zero-order valence-corrected chi connectivity index (χ0v) is 8.36. The molecule has 1 rings (SSSR count). The molecular weight excluding hydrogens is 174 g/mol. The fourth-order valence-corrected chi connectivity index (χ4v) is 1.21. The van der Waals surface area contributed by atoms with Gasteiger partial charge in [-0.3, -0.25) is 0 Å². The molecule has 0 spiro atoms. The molecule has 0 aliphatic heterocycles. The van der Waals surface area contributed by atoms with Crippen LogP contribution in [0.2, 0.25) is 0 Å². The summed E-state index contributed by atoms with van der Waals surface area (Å²) in [6.45, 7) is 3.59. The van der Waals surface area contributed by atoms with E-state index in [1.54, 1.807) is 13.2 Å². The monoisotopic (exact) mass is 189 g/mol. The van der Waals surface area contributed by atoms with Crippen LogP contribution in [0.15, 0.2) is 48.7 Å². The summed E-state index contributed by atoms with van der Waals surface area (Å²) in [6, 6.07) is 7.92. The van der Waals surface area contributed by atoms with Crippen LogP contribution in [0.5, 0.6) is 5.75 Å². The zero-order chi connectivity index (χ0) is 10.4. The fraction of sp³-hybridized carbons (Fsp3) is 0.167. The second-order valence-electron chi connectivity index (χ2n) is 2.99. The van der Waals surface area contributed by atoms with E-state index >= 15 is 0 Å². The molecule has 0 radical (unpaired) electrons. The highest BCUT2D eigenvalue weighted by Crippen LogP contribution is 2.17. The molecule has 0 heterocycles. The highest BCUT2D eigenvalue weighted by Gasteiger charge is 1.97. The predicted molar refractivity (Wildman–Crippen MR) is 59.2 cm³/mol. The van der Waals surface area contributed by atoms with Gasteiger partial charge in [-0.15, -0.1) is 0 Å². The second-order valence-corrected chi connectivity index (χ2v) is 2.99. The van der Waals surface area contributed by atoms with E-state index in [1.807, 2.05) is 30.3 Å². The summed E-state index contributed by atoms with van der Waals surface area (Å²) in [4.78, 5) is 0. The third-order valence-electron chi connectivity index (χ3n) is 1.86. The Bertz CT molecular complexity index is 342. The van der Waals surface area contributed by atoms with Crippen molar-refractivity contribution in [3.8, 4) is 5.75 Å². The molecule has 0 saturated heterocycles. The molecule has 2 heteroatoms. The average Bonchev–Trinajstić information content (AvgIpc) is 2.18. The topological polar surface area (TPSA) is 35.2 Å². The van der Waals surface area contributed by atoms with Gasteiger partial charge in [0.15, 0.2) is 0 Å². The van der Waals surface area contributed by atoms with Gasteiger partial charge in [0.2, 0.25) is 0 Å². The van der Waals surface area contributed by atoms with Gasteiger partial charge in [-0.25, -0.2) is 0 Å². The molecule has 0 unspecified atom stereocenters. The van der Waals surface area contributed by atoms with Crippen molar-refractivity contribution < 1.29 is 4.74 Å². The number of allylic oxidation sites excluding steroid dienone is 2. The molecular formula is C12H15NO. The molecule has 14 heavy (non-hydrogen) atoms. The number of rotatable bonds is 4. The molecule has 0 amide bonds. The molecule has 0 fully saturated rings. The van der Waals surface area contributed by atoms with Crippen molar-refractivity contribution in [3.63, 3.8) is 0 Å². The average molecular weight is 189 g/mol. The van der Waals surface area contributed by atoms with Gasteiger partial charge in [-0.2, -0.15) is 0 Å². The Morgan fingerprint density at radius 2 is 2.21 bits per heavy atom. The summed E-state index contributed by atoms with van der Waals surface area (Å²) in [7, 11) is 1.67. The lowest BCUT2D eigenvalue weighted by Crippen LogP contribution is -1.91. The van der Waals surface area contributed by atoms with Crippen LogP contribution in [0.25, 0.3) is 0 Å². The molecule has 0 saturated carbocycles.